The first kappa shape index (κ1) is 10.9. The average molecular weight is 230 g/mol. The summed E-state index contributed by atoms with van der Waals surface area (Å²) in [6.07, 6.45) is 0. The van der Waals surface area contributed by atoms with Crippen molar-refractivity contribution in [2.75, 3.05) is 0 Å². The number of carboxylic acids is 2. The highest BCUT2D eigenvalue weighted by molar-refractivity contribution is 7.80. The molecule has 0 fully saturated rings. The predicted molar refractivity (Wildman–Crippen MR) is 54.9 cm³/mol. The lowest BCUT2D eigenvalue weighted by Gasteiger charge is -2.05. The van der Waals surface area contributed by atoms with Crippen LogP contribution in [-0.4, -0.2) is 22.2 Å². The quantitative estimate of drug-likeness (QED) is 0.583. The molecule has 1 rings (SSSR count). The van der Waals surface area contributed by atoms with Crippen LogP contribution in [0.25, 0.3) is 0 Å². The second-order valence-corrected chi connectivity index (χ2v) is 3.46. The Morgan fingerprint density at radius 2 is 1.36 bits per heavy atom. The van der Waals surface area contributed by atoms with E-state index in [0.29, 0.717) is 0 Å². The molecule has 0 unspecified atom stereocenters. The molecular weight excluding hydrogens is 224 g/mol. The predicted octanol–water partition coefficient (Wildman–Crippen LogP) is 1.66. The van der Waals surface area contributed by atoms with Crippen molar-refractivity contribution in [3.8, 4) is 0 Å². The van der Waals surface area contributed by atoms with E-state index in [4.69, 9.17) is 10.2 Å². The van der Waals surface area contributed by atoms with Crippen molar-refractivity contribution in [2.24, 2.45) is 0 Å². The van der Waals surface area contributed by atoms with E-state index in [-0.39, 0.29) is 20.9 Å². The summed E-state index contributed by atoms with van der Waals surface area (Å²) < 4.78 is 0. The highest BCUT2D eigenvalue weighted by Gasteiger charge is 2.16. The molecule has 0 aliphatic carbocycles. The molecule has 2 N–H and O–H groups in total. The maximum atomic E-state index is 10.7. The van der Waals surface area contributed by atoms with E-state index in [1.807, 2.05) is 0 Å². The second-order valence-electron chi connectivity index (χ2n) is 2.50. The lowest BCUT2D eigenvalue weighted by molar-refractivity contribution is 0.0690. The van der Waals surface area contributed by atoms with Gasteiger partial charge in [0.1, 0.15) is 0 Å². The summed E-state index contributed by atoms with van der Waals surface area (Å²) >= 11 is 7.74. The van der Waals surface area contributed by atoms with Crippen LogP contribution in [0.3, 0.4) is 0 Å². The van der Waals surface area contributed by atoms with Crippen LogP contribution < -0.4 is 0 Å². The number of carbonyl (C=O) groups is 2. The number of carboxylic acid groups (broad SMARTS) is 2. The fourth-order valence-electron chi connectivity index (χ4n) is 0.945. The van der Waals surface area contributed by atoms with Gasteiger partial charge in [0.05, 0.1) is 11.1 Å². The third-order valence-electron chi connectivity index (χ3n) is 1.56. The minimum absolute atomic E-state index is 0.0669. The van der Waals surface area contributed by atoms with Gasteiger partial charge in [-0.15, -0.1) is 25.3 Å². The highest BCUT2D eigenvalue weighted by atomic mass is 32.1. The molecule has 4 nitrogen and oxygen atoms in total. The van der Waals surface area contributed by atoms with Crippen LogP contribution in [0, 0.1) is 0 Å². The van der Waals surface area contributed by atoms with E-state index in [1.54, 1.807) is 0 Å². The second kappa shape index (κ2) is 3.93. The van der Waals surface area contributed by atoms with Crippen LogP contribution in [0.5, 0.6) is 0 Å². The summed E-state index contributed by atoms with van der Waals surface area (Å²) in [5.41, 5.74) is -0.337. The van der Waals surface area contributed by atoms with Gasteiger partial charge in [-0.05, 0) is 12.1 Å². The molecule has 0 aliphatic rings. The maximum Gasteiger partial charge on any atom is 0.336 e. The molecule has 6 heteroatoms. The Morgan fingerprint density at radius 1 is 1.00 bits per heavy atom. The van der Waals surface area contributed by atoms with E-state index in [2.05, 4.69) is 25.3 Å². The molecule has 14 heavy (non-hydrogen) atoms. The van der Waals surface area contributed by atoms with Crippen molar-refractivity contribution in [2.45, 2.75) is 9.79 Å². The molecule has 1 aromatic carbocycles. The average Bonchev–Trinajstić information content (AvgIpc) is 2.07. The van der Waals surface area contributed by atoms with E-state index in [0.717, 1.165) is 0 Å². The monoisotopic (exact) mass is 230 g/mol. The van der Waals surface area contributed by atoms with Crippen molar-refractivity contribution < 1.29 is 19.8 Å². The van der Waals surface area contributed by atoms with E-state index >= 15 is 0 Å². The molecule has 0 amide bonds. The van der Waals surface area contributed by atoms with Crippen molar-refractivity contribution in [1.29, 1.82) is 0 Å². The van der Waals surface area contributed by atoms with E-state index < -0.39 is 11.9 Å². The zero-order valence-electron chi connectivity index (χ0n) is 6.76. The standard InChI is InChI=1S/C8H6O4S2/c9-7(10)4-1-3(13)2-5(6(4)14)8(11)12/h1-2,13-14H,(H,9,10)(H,11,12). The Kier molecular flexibility index (Phi) is 3.07. The smallest absolute Gasteiger partial charge is 0.336 e. The minimum atomic E-state index is -1.23. The molecule has 0 aromatic heterocycles. The number of rotatable bonds is 2. The molecular formula is C8H6O4S2. The van der Waals surface area contributed by atoms with Crippen LogP contribution in [-0.2, 0) is 0 Å². The number of thiol groups is 2. The van der Waals surface area contributed by atoms with Crippen LogP contribution in [0.1, 0.15) is 20.7 Å². The number of hydrogen-bond acceptors (Lipinski definition) is 4. The van der Waals surface area contributed by atoms with Crippen molar-refractivity contribution in [3.05, 3.63) is 23.3 Å². The SMILES string of the molecule is O=C(O)c1cc(S)cc(C(=O)O)c1S. The first-order chi connectivity index (χ1) is 6.43. The van der Waals surface area contributed by atoms with Crippen LogP contribution in [0.4, 0.5) is 0 Å². The Labute approximate surface area is 90.4 Å². The summed E-state index contributed by atoms with van der Waals surface area (Å²) in [4.78, 5) is 21.6. The van der Waals surface area contributed by atoms with Gasteiger partial charge >= 0.3 is 11.9 Å². The van der Waals surface area contributed by atoms with Gasteiger partial charge in [-0.3, -0.25) is 0 Å². The zero-order chi connectivity index (χ0) is 10.9. The molecule has 0 saturated heterocycles. The third-order valence-corrected chi connectivity index (χ3v) is 2.30. The van der Waals surface area contributed by atoms with Crippen LogP contribution in [0.15, 0.2) is 21.9 Å². The van der Waals surface area contributed by atoms with E-state index in [9.17, 15) is 9.59 Å². The summed E-state index contributed by atoms with van der Waals surface area (Å²) in [6, 6.07) is 2.50. The van der Waals surface area contributed by atoms with Gasteiger partial charge in [0.2, 0.25) is 0 Å². The highest BCUT2D eigenvalue weighted by Crippen LogP contribution is 2.23. The molecule has 0 bridgehead atoms. The third kappa shape index (κ3) is 2.02. The molecule has 0 heterocycles. The first-order valence-electron chi connectivity index (χ1n) is 3.46. The number of aromatic carboxylic acids is 2. The summed E-state index contributed by atoms with van der Waals surface area (Å²) in [6.45, 7) is 0. The van der Waals surface area contributed by atoms with Gasteiger partial charge in [0, 0.05) is 9.79 Å². The molecule has 0 atom stereocenters. The summed E-state index contributed by atoms with van der Waals surface area (Å²) in [5, 5.41) is 17.4. The first-order valence-corrected chi connectivity index (χ1v) is 4.35. The minimum Gasteiger partial charge on any atom is -0.478 e. The van der Waals surface area contributed by atoms with Crippen molar-refractivity contribution >= 4 is 37.2 Å². The Morgan fingerprint density at radius 3 is 1.64 bits per heavy atom. The fourth-order valence-corrected chi connectivity index (χ4v) is 1.52. The van der Waals surface area contributed by atoms with Crippen LogP contribution >= 0.6 is 25.3 Å². The van der Waals surface area contributed by atoms with Gasteiger partial charge in [-0.2, -0.15) is 0 Å². The van der Waals surface area contributed by atoms with Gasteiger partial charge in [-0.1, -0.05) is 0 Å². The maximum absolute atomic E-state index is 10.7. The molecule has 0 aliphatic heterocycles. The normalized spacial score (nSPS) is 9.86. The molecule has 0 radical (unpaired) electrons. The van der Waals surface area contributed by atoms with Crippen molar-refractivity contribution in [3.63, 3.8) is 0 Å². The largest absolute Gasteiger partial charge is 0.478 e. The molecule has 0 spiro atoms. The fraction of sp³-hybridized carbons (Fsp3) is 0. The lowest BCUT2D eigenvalue weighted by Crippen LogP contribution is -2.05. The van der Waals surface area contributed by atoms with Gasteiger partial charge in [0.15, 0.2) is 0 Å². The molecule has 74 valence electrons. The van der Waals surface area contributed by atoms with Gasteiger partial charge in [-0.25, -0.2) is 9.59 Å². The van der Waals surface area contributed by atoms with Crippen LogP contribution in [0.2, 0.25) is 0 Å². The number of hydrogen-bond donors (Lipinski definition) is 4. The zero-order valence-corrected chi connectivity index (χ0v) is 8.55. The lowest BCUT2D eigenvalue weighted by atomic mass is 10.1. The Balaban J connectivity index is 3.47. The van der Waals surface area contributed by atoms with E-state index in [1.165, 1.54) is 12.1 Å². The Hall–Kier alpha value is -1.14. The molecule has 1 aromatic rings. The van der Waals surface area contributed by atoms with Gasteiger partial charge < -0.3 is 10.2 Å². The summed E-state index contributed by atoms with van der Waals surface area (Å²) in [5.74, 6) is -2.46. The number of benzene rings is 1. The molecule has 0 saturated carbocycles. The Bertz CT molecular complexity index is 379. The topological polar surface area (TPSA) is 74.6 Å². The summed E-state index contributed by atoms with van der Waals surface area (Å²) in [7, 11) is 0. The van der Waals surface area contributed by atoms with Gasteiger partial charge in [0.25, 0.3) is 0 Å². The van der Waals surface area contributed by atoms with Crippen molar-refractivity contribution in [1.82, 2.24) is 0 Å².